The van der Waals surface area contributed by atoms with Crippen molar-refractivity contribution in [1.29, 1.82) is 0 Å². The summed E-state index contributed by atoms with van der Waals surface area (Å²) >= 11 is 0. The zero-order chi connectivity index (χ0) is 54.2. The van der Waals surface area contributed by atoms with Crippen LogP contribution in [0.4, 0.5) is 0 Å². The van der Waals surface area contributed by atoms with Crippen molar-refractivity contribution in [3.63, 3.8) is 0 Å². The molecular formula is C40H68O34. The SMILES string of the molecule is OC[C@H]1O[C@@H](O[C@H]2[C@@H](OC[C@H]3O[C@@H](O[C@H]4[C@H](O)[C@@H](O)[C@H](O[C@H]5[C@H](O)[C@@H](O)[C@H](O)O[C@@H]5CO)O[C@@H]4CO)[C@H](O)[C@@H](O)[C@@H]3O[C@@H]3O[C@H](CO[C@H]4O[C@H](CO)[C@H](O)[C@H]4O)[C@@H](O)[C@H](O)[C@H]3O)O[C@H](CO)[C@@H]2O)[C@H](O)[C@@H](O)[C@H]1O. The van der Waals surface area contributed by atoms with Crippen molar-refractivity contribution in [2.45, 2.75) is 203 Å². The lowest BCUT2D eigenvalue weighted by Crippen LogP contribution is -2.67. The predicted octanol–water partition coefficient (Wildman–Crippen LogP) is -15.0. The van der Waals surface area contributed by atoms with Crippen LogP contribution in [0.5, 0.6) is 0 Å². The molecule has 0 bridgehead atoms. The van der Waals surface area contributed by atoms with Crippen molar-refractivity contribution in [1.82, 2.24) is 0 Å². The molecule has 33 atom stereocenters. The summed E-state index contributed by atoms with van der Waals surface area (Å²) in [6, 6.07) is 0. The highest BCUT2D eigenvalue weighted by Gasteiger charge is 2.57. The Hall–Kier alpha value is -1.36. The monoisotopic (exact) mass is 1090 g/mol. The predicted molar refractivity (Wildman–Crippen MR) is 220 cm³/mol. The van der Waals surface area contributed by atoms with Crippen LogP contribution >= 0.6 is 0 Å². The van der Waals surface area contributed by atoms with Crippen LogP contribution in [-0.4, -0.2) is 356 Å². The first-order valence-corrected chi connectivity index (χ1v) is 23.5. The molecule has 7 aliphatic heterocycles. The van der Waals surface area contributed by atoms with Gasteiger partial charge in [-0.05, 0) is 0 Å². The number of aliphatic hydroxyl groups is 21. The molecule has 7 saturated heterocycles. The quantitative estimate of drug-likeness (QED) is 0.0571. The van der Waals surface area contributed by atoms with Crippen LogP contribution in [0, 0.1) is 0 Å². The van der Waals surface area contributed by atoms with Gasteiger partial charge in [-0.25, -0.2) is 0 Å². The maximum Gasteiger partial charge on any atom is 0.187 e. The Bertz CT molecular complexity index is 1710. The van der Waals surface area contributed by atoms with Crippen LogP contribution in [0.15, 0.2) is 0 Å². The molecule has 432 valence electrons. The van der Waals surface area contributed by atoms with E-state index in [-0.39, 0.29) is 0 Å². The molecule has 0 saturated carbocycles. The van der Waals surface area contributed by atoms with E-state index in [0.29, 0.717) is 0 Å². The smallest absolute Gasteiger partial charge is 0.187 e. The molecule has 0 aromatic heterocycles. The van der Waals surface area contributed by atoms with Crippen molar-refractivity contribution < 1.29 is 169 Å². The van der Waals surface area contributed by atoms with E-state index in [0.717, 1.165) is 0 Å². The van der Waals surface area contributed by atoms with Crippen LogP contribution < -0.4 is 0 Å². The zero-order valence-corrected chi connectivity index (χ0v) is 38.7. The lowest BCUT2D eigenvalue weighted by atomic mass is 9.95. The average molecular weight is 1090 g/mol. The largest absolute Gasteiger partial charge is 0.394 e. The lowest BCUT2D eigenvalue weighted by molar-refractivity contribution is -0.390. The van der Waals surface area contributed by atoms with Crippen LogP contribution in [0.1, 0.15) is 0 Å². The fourth-order valence-electron chi connectivity index (χ4n) is 9.37. The first-order valence-electron chi connectivity index (χ1n) is 23.5. The zero-order valence-electron chi connectivity index (χ0n) is 38.7. The van der Waals surface area contributed by atoms with Crippen LogP contribution in [0.2, 0.25) is 0 Å². The summed E-state index contributed by atoms with van der Waals surface area (Å²) < 4.78 is 72.9. The van der Waals surface area contributed by atoms with Gasteiger partial charge >= 0.3 is 0 Å². The highest BCUT2D eigenvalue weighted by Crippen LogP contribution is 2.37. The Morgan fingerprint density at radius 1 is 0.230 bits per heavy atom. The minimum absolute atomic E-state index is 0.722. The van der Waals surface area contributed by atoms with Crippen molar-refractivity contribution in [2.75, 3.05) is 46.2 Å². The van der Waals surface area contributed by atoms with E-state index in [1.54, 1.807) is 0 Å². The van der Waals surface area contributed by atoms with E-state index in [1.807, 2.05) is 0 Å². The van der Waals surface area contributed by atoms with Gasteiger partial charge in [0, 0.05) is 0 Å². The standard InChI is InChI=1S/C40H68O34/c41-1-8-15(46)19(50)26(57)36(66-8)74-33-18(49)10(3-43)67-40(33)63-7-14-32(73-37-27(58)20(51)17(48)13(69-37)6-62-35-25(56)16(47)9(2-42)65-35)23(54)29(60)39(70-14)72-31-12(5-45)68-38(28(59)22(31)53)71-30-11(4-44)64-34(61)24(55)21(30)52/h8-61H,1-7H2/t8-,9-,10-,11-,12-,13-,14-,15+,16+,17-,18+,19+,20+,21-,22-,23-,24-,25-,26-,27-,28-,29-,30-,31-,32-,33-,34-,35+,36+,37+,38+,39+,40+/m1/s1. The van der Waals surface area contributed by atoms with Gasteiger partial charge in [0.1, 0.15) is 159 Å². The fraction of sp³-hybridized carbons (Fsp3) is 1.00. The summed E-state index contributed by atoms with van der Waals surface area (Å²) in [6.07, 6.45) is -62.1. The third-order valence-corrected chi connectivity index (χ3v) is 13.8. The molecule has 34 nitrogen and oxygen atoms in total. The van der Waals surface area contributed by atoms with Gasteiger partial charge in [-0.2, -0.15) is 0 Å². The number of ether oxygens (including phenoxy) is 13. The van der Waals surface area contributed by atoms with E-state index in [2.05, 4.69) is 0 Å². The number of hydrogen-bond donors (Lipinski definition) is 21. The van der Waals surface area contributed by atoms with E-state index >= 15 is 0 Å². The summed E-state index contributed by atoms with van der Waals surface area (Å²) in [6.45, 7) is -6.14. The Morgan fingerprint density at radius 2 is 0.527 bits per heavy atom. The van der Waals surface area contributed by atoms with E-state index in [9.17, 15) is 107 Å². The van der Waals surface area contributed by atoms with Crippen molar-refractivity contribution in [3.05, 3.63) is 0 Å². The average Bonchev–Trinajstić information content (AvgIpc) is 3.85. The summed E-state index contributed by atoms with van der Waals surface area (Å²) in [4.78, 5) is 0. The van der Waals surface area contributed by atoms with Gasteiger partial charge in [0.25, 0.3) is 0 Å². The van der Waals surface area contributed by atoms with Gasteiger partial charge in [-0.15, -0.1) is 0 Å². The van der Waals surface area contributed by atoms with Crippen molar-refractivity contribution >= 4 is 0 Å². The second kappa shape index (κ2) is 25.8. The Labute approximate surface area is 417 Å². The van der Waals surface area contributed by atoms with Crippen LogP contribution in [0.3, 0.4) is 0 Å². The molecule has 0 spiro atoms. The van der Waals surface area contributed by atoms with Gasteiger partial charge in [0.2, 0.25) is 0 Å². The second-order valence-corrected chi connectivity index (χ2v) is 18.7. The maximum absolute atomic E-state index is 11.7. The second-order valence-electron chi connectivity index (χ2n) is 18.7. The Morgan fingerprint density at radius 3 is 1.03 bits per heavy atom. The number of aliphatic hydroxyl groups excluding tert-OH is 21. The van der Waals surface area contributed by atoms with E-state index in [4.69, 9.17) is 61.6 Å². The van der Waals surface area contributed by atoms with Gasteiger partial charge in [0.05, 0.1) is 46.2 Å². The molecule has 0 amide bonds. The minimum Gasteiger partial charge on any atom is -0.394 e. The molecule has 7 rings (SSSR count). The van der Waals surface area contributed by atoms with Crippen LogP contribution in [0.25, 0.3) is 0 Å². The summed E-state index contributed by atoms with van der Waals surface area (Å²) in [5, 5.41) is 221. The first-order chi connectivity index (χ1) is 35.1. The topological polar surface area (TPSA) is 545 Å². The highest BCUT2D eigenvalue weighted by molar-refractivity contribution is 4.99. The molecule has 7 fully saturated rings. The summed E-state index contributed by atoms with van der Waals surface area (Å²) in [5.74, 6) is 0. The lowest BCUT2D eigenvalue weighted by Gasteiger charge is -2.49. The molecule has 21 N–H and O–H groups in total. The summed E-state index contributed by atoms with van der Waals surface area (Å²) in [7, 11) is 0. The minimum atomic E-state index is -2.30. The van der Waals surface area contributed by atoms with Gasteiger partial charge < -0.3 is 169 Å². The third-order valence-electron chi connectivity index (χ3n) is 13.8. The Kier molecular flexibility index (Phi) is 21.0. The molecule has 0 aromatic rings. The first kappa shape index (κ1) is 60.3. The van der Waals surface area contributed by atoms with Gasteiger partial charge in [0.15, 0.2) is 44.0 Å². The summed E-state index contributed by atoms with van der Waals surface area (Å²) in [5.41, 5.74) is 0. The molecule has 34 heteroatoms. The molecule has 7 heterocycles. The van der Waals surface area contributed by atoms with Gasteiger partial charge in [-0.3, -0.25) is 0 Å². The normalized spacial score (nSPS) is 53.4. The van der Waals surface area contributed by atoms with Crippen molar-refractivity contribution in [3.8, 4) is 0 Å². The van der Waals surface area contributed by atoms with Crippen LogP contribution in [-0.2, 0) is 61.6 Å². The van der Waals surface area contributed by atoms with Crippen molar-refractivity contribution in [2.24, 2.45) is 0 Å². The third kappa shape index (κ3) is 12.3. The Balaban J connectivity index is 1.11. The molecule has 0 unspecified atom stereocenters. The number of rotatable bonds is 19. The maximum atomic E-state index is 11.7. The fourth-order valence-corrected chi connectivity index (χ4v) is 9.37. The molecular weight excluding hydrogens is 1020 g/mol. The van der Waals surface area contributed by atoms with Gasteiger partial charge in [-0.1, -0.05) is 0 Å². The molecule has 0 aromatic carbocycles. The highest BCUT2D eigenvalue weighted by atomic mass is 16.8. The van der Waals surface area contributed by atoms with E-state index in [1.165, 1.54) is 0 Å². The molecule has 7 aliphatic rings. The van der Waals surface area contributed by atoms with E-state index < -0.39 is 249 Å². The molecule has 0 radical (unpaired) electrons. The molecule has 0 aliphatic carbocycles. The number of hydrogen-bond acceptors (Lipinski definition) is 34. The molecule has 74 heavy (non-hydrogen) atoms.